The zero-order chi connectivity index (χ0) is 29.4. The molecule has 0 saturated carbocycles. The number of carbonyl (C=O) groups is 2. The summed E-state index contributed by atoms with van der Waals surface area (Å²) < 4.78 is 34.1. The molecule has 2 amide bonds. The van der Waals surface area contributed by atoms with Crippen molar-refractivity contribution < 1.29 is 22.7 Å². The molecule has 0 aliphatic rings. The topological polar surface area (TPSA) is 148 Å². The first-order valence-electron chi connectivity index (χ1n) is 12.6. The van der Waals surface area contributed by atoms with E-state index in [2.05, 4.69) is 25.8 Å². The summed E-state index contributed by atoms with van der Waals surface area (Å²) in [5.74, 6) is 0.358. The summed E-state index contributed by atoms with van der Waals surface area (Å²) >= 11 is 2.50. The third-order valence-electron chi connectivity index (χ3n) is 5.90. The Bertz CT molecular complexity index is 1590. The summed E-state index contributed by atoms with van der Waals surface area (Å²) in [6, 6.07) is 13.1. The van der Waals surface area contributed by atoms with E-state index in [0.717, 1.165) is 0 Å². The van der Waals surface area contributed by atoms with Crippen LogP contribution in [-0.4, -0.2) is 70.2 Å². The largest absolute Gasteiger partial charge is 0.495 e. The lowest BCUT2D eigenvalue weighted by molar-refractivity contribution is -0.113. The van der Waals surface area contributed by atoms with Gasteiger partial charge in [0.1, 0.15) is 5.75 Å². The van der Waals surface area contributed by atoms with E-state index in [1.807, 2.05) is 18.2 Å². The maximum absolute atomic E-state index is 13.0. The zero-order valence-electron chi connectivity index (χ0n) is 22.6. The summed E-state index contributed by atoms with van der Waals surface area (Å²) in [4.78, 5) is 29.6. The molecular weight excluding hydrogens is 587 g/mol. The predicted molar refractivity (Wildman–Crippen MR) is 157 cm³/mol. The van der Waals surface area contributed by atoms with Crippen LogP contribution in [0.25, 0.3) is 5.69 Å². The Hall–Kier alpha value is -3.79. The van der Waals surface area contributed by atoms with E-state index in [-0.39, 0.29) is 23.1 Å². The number of nitrogens with zero attached hydrogens (tertiary/aromatic N) is 5. The van der Waals surface area contributed by atoms with Crippen LogP contribution < -0.4 is 15.4 Å². The number of aromatic nitrogens is 4. The highest BCUT2D eigenvalue weighted by atomic mass is 32.2. The van der Waals surface area contributed by atoms with Crippen LogP contribution in [0.2, 0.25) is 0 Å². The highest BCUT2D eigenvalue weighted by Crippen LogP contribution is 2.29. The number of nitrogens with one attached hydrogen (secondary N) is 2. The normalized spacial score (nSPS) is 11.4. The molecule has 0 saturated heterocycles. The van der Waals surface area contributed by atoms with Gasteiger partial charge in [0.2, 0.25) is 15.9 Å². The van der Waals surface area contributed by atoms with E-state index in [1.54, 1.807) is 43.2 Å². The molecule has 2 aromatic carbocycles. The smallest absolute Gasteiger partial charge is 0.251 e. The Morgan fingerprint density at radius 2 is 1.80 bits per heavy atom. The first kappa shape index (κ1) is 30.2. The third kappa shape index (κ3) is 7.11. The Morgan fingerprint density at radius 1 is 1.07 bits per heavy atom. The Labute approximate surface area is 246 Å². The van der Waals surface area contributed by atoms with E-state index >= 15 is 0 Å². The van der Waals surface area contributed by atoms with Crippen molar-refractivity contribution in [1.29, 1.82) is 0 Å². The van der Waals surface area contributed by atoms with Gasteiger partial charge in [0.05, 0.1) is 30.0 Å². The van der Waals surface area contributed by atoms with Gasteiger partial charge in [-0.25, -0.2) is 13.4 Å². The average Bonchev–Trinajstić information content (AvgIpc) is 3.65. The fourth-order valence-corrected chi connectivity index (χ4v) is 6.65. The van der Waals surface area contributed by atoms with Crippen LogP contribution in [0.5, 0.6) is 5.75 Å². The number of methoxy groups -OCH3 is 1. The lowest BCUT2D eigenvalue weighted by Gasteiger charge is -2.18. The number of ether oxygens (including phenoxy) is 1. The lowest BCUT2D eigenvalue weighted by Crippen LogP contribution is -2.30. The standard InChI is InChI=1S/C26H29N7O5S3/c1-4-32(5-2)41(36,37)19-12-10-18(11-13-19)24(35)28-16-22-30-31-26(33(22)20-8-6-7-9-21(20)38-3)40-17-23(34)29-25-27-14-15-39-25/h6-15H,4-5,16-17H2,1-3H3,(H,28,35)(H,27,29,34). The minimum absolute atomic E-state index is 0.00918. The Kier molecular flexibility index (Phi) is 10.1. The molecule has 0 bridgehead atoms. The molecule has 4 aromatic rings. The highest BCUT2D eigenvalue weighted by Gasteiger charge is 2.23. The Balaban J connectivity index is 1.51. The van der Waals surface area contributed by atoms with E-state index < -0.39 is 15.9 Å². The van der Waals surface area contributed by atoms with E-state index in [4.69, 9.17) is 4.74 Å². The van der Waals surface area contributed by atoms with Crippen LogP contribution in [-0.2, 0) is 21.4 Å². The monoisotopic (exact) mass is 615 g/mol. The van der Waals surface area contributed by atoms with Gasteiger partial charge in [-0.1, -0.05) is 37.7 Å². The molecule has 2 aromatic heterocycles. The van der Waals surface area contributed by atoms with E-state index in [9.17, 15) is 18.0 Å². The maximum atomic E-state index is 13.0. The second-order valence-corrected chi connectivity index (χ2v) is 12.2. The van der Waals surface area contributed by atoms with Crippen molar-refractivity contribution in [2.75, 3.05) is 31.3 Å². The summed E-state index contributed by atoms with van der Waals surface area (Å²) in [7, 11) is -2.09. The molecule has 0 fully saturated rings. The average molecular weight is 616 g/mol. The number of sulfonamides is 1. The van der Waals surface area contributed by atoms with Crippen molar-refractivity contribution in [3.8, 4) is 11.4 Å². The number of rotatable bonds is 13. The van der Waals surface area contributed by atoms with Gasteiger partial charge in [-0.3, -0.25) is 14.2 Å². The number of para-hydroxylation sites is 2. The summed E-state index contributed by atoms with van der Waals surface area (Å²) in [5, 5.41) is 16.8. The minimum atomic E-state index is -3.63. The minimum Gasteiger partial charge on any atom is -0.495 e. The molecule has 4 rings (SSSR count). The number of thiazole rings is 1. The van der Waals surface area contributed by atoms with Crippen molar-refractivity contribution in [3.63, 3.8) is 0 Å². The second kappa shape index (κ2) is 13.7. The van der Waals surface area contributed by atoms with Crippen molar-refractivity contribution in [3.05, 3.63) is 71.5 Å². The van der Waals surface area contributed by atoms with Crippen LogP contribution in [0.15, 0.2) is 70.2 Å². The van der Waals surface area contributed by atoms with Crippen molar-refractivity contribution >= 4 is 50.1 Å². The molecule has 216 valence electrons. The summed E-state index contributed by atoms with van der Waals surface area (Å²) in [5.41, 5.74) is 0.929. The molecule has 2 N–H and O–H groups in total. The molecule has 0 aliphatic carbocycles. The van der Waals surface area contributed by atoms with Crippen LogP contribution >= 0.6 is 23.1 Å². The Morgan fingerprint density at radius 3 is 2.46 bits per heavy atom. The molecule has 0 unspecified atom stereocenters. The number of benzene rings is 2. The van der Waals surface area contributed by atoms with Gasteiger partial charge >= 0.3 is 0 Å². The van der Waals surface area contributed by atoms with E-state index in [0.29, 0.717) is 46.2 Å². The first-order chi connectivity index (χ1) is 19.8. The van der Waals surface area contributed by atoms with Crippen LogP contribution in [0, 0.1) is 0 Å². The molecular formula is C26H29N7O5S3. The summed E-state index contributed by atoms with van der Waals surface area (Å²) in [6.07, 6.45) is 1.61. The lowest BCUT2D eigenvalue weighted by atomic mass is 10.2. The van der Waals surface area contributed by atoms with Gasteiger partial charge in [-0.2, -0.15) is 4.31 Å². The summed E-state index contributed by atoms with van der Waals surface area (Å²) in [6.45, 7) is 4.26. The second-order valence-electron chi connectivity index (χ2n) is 8.38. The predicted octanol–water partition coefficient (Wildman–Crippen LogP) is 3.42. The fourth-order valence-electron chi connectivity index (χ4n) is 3.89. The van der Waals surface area contributed by atoms with Crippen molar-refractivity contribution in [1.82, 2.24) is 29.4 Å². The van der Waals surface area contributed by atoms with Crippen molar-refractivity contribution in [2.45, 2.75) is 30.4 Å². The van der Waals surface area contributed by atoms with Gasteiger partial charge in [-0.05, 0) is 36.4 Å². The van der Waals surface area contributed by atoms with Gasteiger partial charge < -0.3 is 15.4 Å². The number of thioether (sulfide) groups is 1. The first-order valence-corrected chi connectivity index (χ1v) is 15.9. The molecule has 0 radical (unpaired) electrons. The third-order valence-corrected chi connectivity index (χ3v) is 9.59. The van der Waals surface area contributed by atoms with Crippen molar-refractivity contribution in [2.24, 2.45) is 0 Å². The van der Waals surface area contributed by atoms with Gasteiger partial charge in [-0.15, -0.1) is 21.5 Å². The number of anilines is 1. The highest BCUT2D eigenvalue weighted by molar-refractivity contribution is 7.99. The quantitative estimate of drug-likeness (QED) is 0.216. The maximum Gasteiger partial charge on any atom is 0.251 e. The number of amides is 2. The number of hydrogen-bond acceptors (Lipinski definition) is 10. The SMILES string of the molecule is CCN(CC)S(=O)(=O)c1ccc(C(=O)NCc2nnc(SCC(=O)Nc3nccs3)n2-c2ccccc2OC)cc1. The molecule has 0 spiro atoms. The number of carbonyl (C=O) groups excluding carboxylic acids is 2. The zero-order valence-corrected chi connectivity index (χ0v) is 25.1. The van der Waals surface area contributed by atoms with Gasteiger partial charge in [0.25, 0.3) is 5.91 Å². The number of hydrogen-bond donors (Lipinski definition) is 2. The molecule has 41 heavy (non-hydrogen) atoms. The van der Waals surface area contributed by atoms with Crippen LogP contribution in [0.1, 0.15) is 30.0 Å². The van der Waals surface area contributed by atoms with Crippen LogP contribution in [0.4, 0.5) is 5.13 Å². The van der Waals surface area contributed by atoms with E-state index in [1.165, 1.54) is 51.7 Å². The molecule has 2 heterocycles. The molecule has 15 heteroatoms. The molecule has 0 atom stereocenters. The van der Waals surface area contributed by atoms with Gasteiger partial charge in [0.15, 0.2) is 16.1 Å². The van der Waals surface area contributed by atoms with Gasteiger partial charge in [0, 0.05) is 30.2 Å². The fraction of sp³-hybridized carbons (Fsp3) is 0.269. The molecule has 0 aliphatic heterocycles. The van der Waals surface area contributed by atoms with Crippen LogP contribution in [0.3, 0.4) is 0 Å². The molecule has 12 nitrogen and oxygen atoms in total.